The van der Waals surface area contributed by atoms with E-state index in [1.54, 1.807) is 6.34 Å². The quantitative estimate of drug-likeness (QED) is 0.433. The van der Waals surface area contributed by atoms with Crippen LogP contribution in [0.15, 0.2) is 25.6 Å². The fraction of sp³-hybridized carbons (Fsp3) is 0.538. The van der Waals surface area contributed by atoms with Crippen LogP contribution in [0, 0.1) is 5.92 Å². The summed E-state index contributed by atoms with van der Waals surface area (Å²) in [5.74, 6) is -0.527. The SMILES string of the molecule is COC(=O)C1=C(N=CN(C)C)C2C(=NC=NC2N(C)C)S1. The molecule has 8 heteroatoms. The molecule has 0 aromatic heterocycles. The standard InChI is InChI=1S/C13H19N5O2S/c1-17(2)7-16-9-8-11(18(3)4)14-6-15-12(8)21-10(9)13(19)20-5/h6-8,11H,1-5H3. The van der Waals surface area contributed by atoms with Crippen molar-refractivity contribution in [1.82, 2.24) is 9.80 Å². The number of esters is 1. The van der Waals surface area contributed by atoms with Crippen molar-refractivity contribution in [3.05, 3.63) is 10.6 Å². The van der Waals surface area contributed by atoms with Gasteiger partial charge in [0.25, 0.3) is 0 Å². The Morgan fingerprint density at radius 1 is 1.43 bits per heavy atom. The number of ether oxygens (including phenoxy) is 1. The Bertz CT molecular complexity index is 551. The molecular weight excluding hydrogens is 290 g/mol. The number of carbonyl (C=O) groups excluding carboxylic acids is 1. The molecule has 21 heavy (non-hydrogen) atoms. The van der Waals surface area contributed by atoms with Gasteiger partial charge in [-0.05, 0) is 14.1 Å². The highest BCUT2D eigenvalue weighted by molar-refractivity contribution is 8.18. The van der Waals surface area contributed by atoms with Crippen LogP contribution in [0.4, 0.5) is 0 Å². The highest BCUT2D eigenvalue weighted by Gasteiger charge is 2.43. The minimum atomic E-state index is -0.388. The van der Waals surface area contributed by atoms with E-state index < -0.39 is 0 Å². The molecule has 0 saturated carbocycles. The maximum Gasteiger partial charge on any atom is 0.346 e. The molecule has 114 valence electrons. The molecule has 0 amide bonds. The Kier molecular flexibility index (Phi) is 4.79. The number of carbonyl (C=O) groups is 1. The zero-order chi connectivity index (χ0) is 15.6. The molecule has 0 aromatic carbocycles. The van der Waals surface area contributed by atoms with Gasteiger partial charge in [-0.1, -0.05) is 11.8 Å². The van der Waals surface area contributed by atoms with E-state index in [0.717, 1.165) is 5.04 Å². The van der Waals surface area contributed by atoms with E-state index in [4.69, 9.17) is 4.74 Å². The van der Waals surface area contributed by atoms with Crippen LogP contribution in [0.5, 0.6) is 0 Å². The van der Waals surface area contributed by atoms with Crippen LogP contribution < -0.4 is 0 Å². The van der Waals surface area contributed by atoms with Gasteiger partial charge >= 0.3 is 5.97 Å². The van der Waals surface area contributed by atoms with E-state index in [0.29, 0.717) is 10.6 Å². The molecule has 0 radical (unpaired) electrons. The normalized spacial score (nSPS) is 24.6. The minimum Gasteiger partial charge on any atom is -0.465 e. The molecule has 7 nitrogen and oxygen atoms in total. The number of rotatable bonds is 4. The first-order chi connectivity index (χ1) is 9.95. The second kappa shape index (κ2) is 6.40. The summed E-state index contributed by atoms with van der Waals surface area (Å²) in [6.07, 6.45) is 3.09. The zero-order valence-electron chi connectivity index (χ0n) is 12.8. The zero-order valence-corrected chi connectivity index (χ0v) is 13.6. The molecule has 2 atom stereocenters. The first-order valence-corrected chi connectivity index (χ1v) is 7.24. The van der Waals surface area contributed by atoms with Crippen molar-refractivity contribution in [3.8, 4) is 0 Å². The molecule has 2 aliphatic rings. The minimum absolute atomic E-state index is 0.124. The lowest BCUT2D eigenvalue weighted by atomic mass is 10.0. The van der Waals surface area contributed by atoms with Crippen LogP contribution in [0.1, 0.15) is 0 Å². The lowest BCUT2D eigenvalue weighted by Crippen LogP contribution is -2.38. The summed E-state index contributed by atoms with van der Waals surface area (Å²) >= 11 is 1.31. The van der Waals surface area contributed by atoms with Crippen LogP contribution in [0.25, 0.3) is 0 Å². The lowest BCUT2D eigenvalue weighted by Gasteiger charge is -2.28. The number of hydrogen-bond donors (Lipinski definition) is 0. The van der Waals surface area contributed by atoms with Gasteiger partial charge in [0.15, 0.2) is 0 Å². The van der Waals surface area contributed by atoms with Gasteiger partial charge in [0, 0.05) is 14.1 Å². The smallest absolute Gasteiger partial charge is 0.346 e. The summed E-state index contributed by atoms with van der Waals surface area (Å²) in [6.45, 7) is 0. The third-order valence-corrected chi connectivity index (χ3v) is 4.18. The van der Waals surface area contributed by atoms with Crippen molar-refractivity contribution in [2.75, 3.05) is 35.3 Å². The second-order valence-electron chi connectivity index (χ2n) is 5.10. The number of fused-ring (bicyclic) bond motifs is 1. The largest absolute Gasteiger partial charge is 0.465 e. The Morgan fingerprint density at radius 2 is 2.14 bits per heavy atom. The predicted octanol–water partition coefficient (Wildman–Crippen LogP) is 0.652. The molecule has 2 unspecified atom stereocenters. The summed E-state index contributed by atoms with van der Waals surface area (Å²) in [6, 6.07) is 0. The van der Waals surface area contributed by atoms with Gasteiger partial charge in [0.05, 0.1) is 30.1 Å². The Morgan fingerprint density at radius 3 is 2.71 bits per heavy atom. The van der Waals surface area contributed by atoms with Crippen LogP contribution in [0.3, 0.4) is 0 Å². The summed E-state index contributed by atoms with van der Waals surface area (Å²) in [7, 11) is 9.01. The maximum absolute atomic E-state index is 12.0. The summed E-state index contributed by atoms with van der Waals surface area (Å²) < 4.78 is 4.86. The van der Waals surface area contributed by atoms with Crippen molar-refractivity contribution < 1.29 is 9.53 Å². The topological polar surface area (TPSA) is 69.9 Å². The van der Waals surface area contributed by atoms with Gasteiger partial charge < -0.3 is 9.64 Å². The van der Waals surface area contributed by atoms with Crippen molar-refractivity contribution in [2.24, 2.45) is 20.9 Å². The van der Waals surface area contributed by atoms with Gasteiger partial charge in [-0.2, -0.15) is 0 Å². The summed E-state index contributed by atoms with van der Waals surface area (Å²) in [5, 5.41) is 0.829. The third-order valence-electron chi connectivity index (χ3n) is 3.03. The highest BCUT2D eigenvalue weighted by Crippen LogP contribution is 2.43. The summed E-state index contributed by atoms with van der Waals surface area (Å²) in [5.41, 5.74) is 0.662. The number of aliphatic imine (C=N–C) groups is 3. The number of nitrogens with zero attached hydrogens (tertiary/aromatic N) is 5. The van der Waals surface area contributed by atoms with E-state index in [-0.39, 0.29) is 18.1 Å². The van der Waals surface area contributed by atoms with Crippen LogP contribution in [0.2, 0.25) is 0 Å². The molecule has 0 N–H and O–H groups in total. The van der Waals surface area contributed by atoms with Gasteiger partial charge in [-0.15, -0.1) is 0 Å². The first kappa shape index (κ1) is 15.7. The van der Waals surface area contributed by atoms with E-state index in [1.807, 2.05) is 38.0 Å². The molecule has 0 saturated heterocycles. The van der Waals surface area contributed by atoms with Gasteiger partial charge in [0.1, 0.15) is 17.4 Å². The molecule has 0 bridgehead atoms. The maximum atomic E-state index is 12.0. The van der Waals surface area contributed by atoms with Crippen LogP contribution >= 0.6 is 11.8 Å². The van der Waals surface area contributed by atoms with E-state index in [2.05, 4.69) is 15.0 Å². The Balaban J connectivity index is 2.45. The van der Waals surface area contributed by atoms with Crippen LogP contribution in [-0.2, 0) is 9.53 Å². The van der Waals surface area contributed by atoms with Crippen LogP contribution in [-0.4, -0.2) is 75.0 Å². The molecule has 0 aliphatic carbocycles. The van der Waals surface area contributed by atoms with Crippen molar-refractivity contribution in [1.29, 1.82) is 0 Å². The monoisotopic (exact) mass is 309 g/mol. The highest BCUT2D eigenvalue weighted by atomic mass is 32.2. The lowest BCUT2D eigenvalue weighted by molar-refractivity contribution is -0.135. The van der Waals surface area contributed by atoms with Gasteiger partial charge in [-0.25, -0.2) is 14.8 Å². The van der Waals surface area contributed by atoms with Gasteiger partial charge in [-0.3, -0.25) is 9.89 Å². The Hall–Kier alpha value is -1.67. The number of hydrogen-bond acceptors (Lipinski definition) is 7. The third kappa shape index (κ3) is 3.16. The van der Waals surface area contributed by atoms with Gasteiger partial charge in [0.2, 0.25) is 0 Å². The molecular formula is C13H19N5O2S. The average Bonchev–Trinajstić information content (AvgIpc) is 2.82. The second-order valence-corrected chi connectivity index (χ2v) is 6.13. The van der Waals surface area contributed by atoms with E-state index in [9.17, 15) is 4.79 Å². The molecule has 2 aliphatic heterocycles. The average molecular weight is 309 g/mol. The van der Waals surface area contributed by atoms with E-state index in [1.165, 1.54) is 25.2 Å². The molecule has 0 aromatic rings. The molecule has 2 heterocycles. The fourth-order valence-electron chi connectivity index (χ4n) is 2.09. The van der Waals surface area contributed by atoms with E-state index >= 15 is 0 Å². The molecule has 0 fully saturated rings. The predicted molar refractivity (Wildman–Crippen MR) is 85.7 cm³/mol. The Labute approximate surface area is 128 Å². The molecule has 0 spiro atoms. The molecule has 2 rings (SSSR count). The fourth-order valence-corrected chi connectivity index (χ4v) is 3.21. The van der Waals surface area contributed by atoms with Crippen molar-refractivity contribution in [3.63, 3.8) is 0 Å². The van der Waals surface area contributed by atoms with Crippen molar-refractivity contribution >= 4 is 35.5 Å². The first-order valence-electron chi connectivity index (χ1n) is 6.42. The van der Waals surface area contributed by atoms with Crippen molar-refractivity contribution in [2.45, 2.75) is 6.17 Å². The number of methoxy groups -OCH3 is 1. The summed E-state index contributed by atoms with van der Waals surface area (Å²) in [4.78, 5) is 29.4. The number of thioether (sulfide) groups is 1.